The van der Waals surface area contributed by atoms with Crippen molar-refractivity contribution in [2.45, 2.75) is 117 Å². The number of hydrogen-bond donors (Lipinski definition) is 0. The van der Waals surface area contributed by atoms with E-state index in [2.05, 4.69) is 34.6 Å². The molecule has 4 fully saturated rings. The molecule has 10 atom stereocenters. The molecule has 0 aromatic heterocycles. The number of rotatable bonds is 6. The van der Waals surface area contributed by atoms with Gasteiger partial charge in [-0.1, -0.05) is 65.0 Å². The molecule has 0 saturated heterocycles. The first-order chi connectivity index (χ1) is 14.2. The van der Waals surface area contributed by atoms with E-state index in [9.17, 15) is 8.76 Å². The molecule has 0 aromatic carbocycles. The molecule has 31 heavy (non-hydrogen) atoms. The normalized spacial score (nSPS) is 46.4. The average molecular weight is 459 g/mol. The predicted octanol–water partition coefficient (Wildman–Crippen LogP) is 4.36. The van der Waals surface area contributed by atoms with E-state index >= 15 is 0 Å². The van der Waals surface area contributed by atoms with Crippen LogP contribution >= 0.6 is 0 Å². The summed E-state index contributed by atoms with van der Waals surface area (Å²) >= 11 is -1.87. The first-order valence-electron chi connectivity index (χ1n) is 13.2. The molecule has 0 N–H and O–H groups in total. The molecular formula is C27H47NaO2S. The van der Waals surface area contributed by atoms with Crippen LogP contribution < -0.4 is 29.6 Å². The van der Waals surface area contributed by atoms with Gasteiger partial charge < -0.3 is 4.55 Å². The van der Waals surface area contributed by atoms with Crippen LogP contribution in [0.2, 0.25) is 0 Å². The van der Waals surface area contributed by atoms with Crippen molar-refractivity contribution in [3.05, 3.63) is 0 Å². The summed E-state index contributed by atoms with van der Waals surface area (Å²) < 4.78 is 23.2. The molecule has 2 nitrogen and oxygen atoms in total. The predicted molar refractivity (Wildman–Crippen MR) is 126 cm³/mol. The quantitative estimate of drug-likeness (QED) is 0.438. The summed E-state index contributed by atoms with van der Waals surface area (Å²) in [6.45, 7) is 12.5. The largest absolute Gasteiger partial charge is 1.00 e. The van der Waals surface area contributed by atoms with E-state index in [-0.39, 0.29) is 34.8 Å². The molecule has 4 rings (SSSR count). The van der Waals surface area contributed by atoms with Gasteiger partial charge in [0.25, 0.3) is 0 Å². The minimum atomic E-state index is -1.87. The smallest absolute Gasteiger partial charge is 0.772 e. The van der Waals surface area contributed by atoms with E-state index in [4.69, 9.17) is 0 Å². The van der Waals surface area contributed by atoms with Gasteiger partial charge in [0.15, 0.2) is 0 Å². The molecule has 0 bridgehead atoms. The van der Waals surface area contributed by atoms with E-state index < -0.39 is 11.1 Å². The van der Waals surface area contributed by atoms with Crippen molar-refractivity contribution in [1.82, 2.24) is 0 Å². The minimum Gasteiger partial charge on any atom is -0.772 e. The SMILES string of the molecule is CC(C)CCC[C@@H](C)[C@H]1CC[C@H]2[C@@H]3CC[C@H]4C[C@H](S(=O)[O-])CC[C@]4(C)C3CC[C@]12C.[Na+]. The van der Waals surface area contributed by atoms with Crippen LogP contribution in [0.25, 0.3) is 0 Å². The standard InChI is InChI=1S/C27H48O2S.Na/c1-18(2)7-6-8-19(3)23-11-12-24-22-10-9-20-17-21(30(28)29)13-15-26(20,4)25(22)14-16-27(23,24)5;/h18-25H,6-17H2,1-5H3,(H,28,29);/q;+1/p-1/t19-,20+,21-,22+,23-,24+,25?,26+,27-;/m1./s1. The van der Waals surface area contributed by atoms with Crippen LogP contribution in [0.5, 0.6) is 0 Å². The molecule has 4 aliphatic rings. The van der Waals surface area contributed by atoms with E-state index in [0.29, 0.717) is 16.7 Å². The topological polar surface area (TPSA) is 40.1 Å². The Morgan fingerprint density at radius 3 is 2.26 bits per heavy atom. The van der Waals surface area contributed by atoms with Crippen LogP contribution in [0.3, 0.4) is 0 Å². The minimum absolute atomic E-state index is 0. The van der Waals surface area contributed by atoms with Crippen molar-refractivity contribution in [3.8, 4) is 0 Å². The zero-order chi connectivity index (χ0) is 21.7. The van der Waals surface area contributed by atoms with E-state index in [1.807, 2.05) is 0 Å². The fraction of sp³-hybridized carbons (Fsp3) is 1.00. The molecule has 0 amide bonds. The maximum Gasteiger partial charge on any atom is 1.00 e. The molecule has 0 heterocycles. The second kappa shape index (κ2) is 10.4. The van der Waals surface area contributed by atoms with Gasteiger partial charge in [-0.3, -0.25) is 4.21 Å². The number of hydrogen-bond acceptors (Lipinski definition) is 2. The summed E-state index contributed by atoms with van der Waals surface area (Å²) in [5, 5.41) is -0.0731. The Hall–Kier alpha value is 1.11. The zero-order valence-electron chi connectivity index (χ0n) is 21.3. The summed E-state index contributed by atoms with van der Waals surface area (Å²) in [6, 6.07) is 0. The molecular weight excluding hydrogens is 411 g/mol. The third-order valence-corrected chi connectivity index (χ3v) is 12.1. The van der Waals surface area contributed by atoms with Gasteiger partial charge in [0.2, 0.25) is 0 Å². The van der Waals surface area contributed by atoms with Crippen molar-refractivity contribution >= 4 is 11.1 Å². The fourth-order valence-corrected chi connectivity index (χ4v) is 10.1. The summed E-state index contributed by atoms with van der Waals surface area (Å²) in [5.41, 5.74) is 0.969. The maximum atomic E-state index is 11.6. The van der Waals surface area contributed by atoms with Gasteiger partial charge in [-0.15, -0.1) is 0 Å². The van der Waals surface area contributed by atoms with Gasteiger partial charge in [-0.2, -0.15) is 0 Å². The Balaban J connectivity index is 0.00000272. The molecule has 0 radical (unpaired) electrons. The van der Waals surface area contributed by atoms with Gasteiger partial charge in [-0.25, -0.2) is 0 Å². The van der Waals surface area contributed by atoms with Crippen LogP contribution in [0, 0.1) is 52.3 Å². The maximum absolute atomic E-state index is 11.6. The molecule has 174 valence electrons. The van der Waals surface area contributed by atoms with Gasteiger partial charge in [0.1, 0.15) is 0 Å². The Bertz CT molecular complexity index is 639. The third-order valence-electron chi connectivity index (χ3n) is 11.1. The molecule has 4 saturated carbocycles. The summed E-state index contributed by atoms with van der Waals surface area (Å²) in [6.07, 6.45) is 15.6. The van der Waals surface area contributed by atoms with Crippen molar-refractivity contribution in [1.29, 1.82) is 0 Å². The van der Waals surface area contributed by atoms with Crippen molar-refractivity contribution in [2.24, 2.45) is 52.3 Å². The summed E-state index contributed by atoms with van der Waals surface area (Å²) in [5.74, 6) is 5.98. The zero-order valence-corrected chi connectivity index (χ0v) is 24.1. The van der Waals surface area contributed by atoms with Gasteiger partial charge in [-0.05, 0) is 110 Å². The van der Waals surface area contributed by atoms with Gasteiger partial charge in [0, 0.05) is 5.25 Å². The molecule has 0 aromatic rings. The van der Waals surface area contributed by atoms with E-state index in [1.54, 1.807) is 0 Å². The third kappa shape index (κ3) is 4.93. The number of fused-ring (bicyclic) bond motifs is 5. The van der Waals surface area contributed by atoms with Crippen LogP contribution in [0.15, 0.2) is 0 Å². The van der Waals surface area contributed by atoms with Crippen molar-refractivity contribution in [3.63, 3.8) is 0 Å². The van der Waals surface area contributed by atoms with Crippen LogP contribution in [-0.4, -0.2) is 14.0 Å². The van der Waals surface area contributed by atoms with Crippen LogP contribution in [0.1, 0.15) is 112 Å². The Morgan fingerprint density at radius 1 is 0.903 bits per heavy atom. The van der Waals surface area contributed by atoms with Gasteiger partial charge in [0.05, 0.1) is 0 Å². The van der Waals surface area contributed by atoms with Gasteiger partial charge >= 0.3 is 29.6 Å². The monoisotopic (exact) mass is 458 g/mol. The van der Waals surface area contributed by atoms with E-state index in [0.717, 1.165) is 54.8 Å². The summed E-state index contributed by atoms with van der Waals surface area (Å²) in [7, 11) is 0. The Morgan fingerprint density at radius 2 is 1.58 bits per heavy atom. The first-order valence-corrected chi connectivity index (χ1v) is 14.4. The first kappa shape index (κ1) is 26.7. The molecule has 4 aliphatic carbocycles. The molecule has 4 heteroatoms. The Kier molecular flexibility index (Phi) is 8.95. The molecule has 2 unspecified atom stereocenters. The molecule has 0 aliphatic heterocycles. The second-order valence-corrected chi connectivity index (χ2v) is 14.0. The Labute approximate surface area is 217 Å². The average Bonchev–Trinajstić information content (AvgIpc) is 3.04. The van der Waals surface area contributed by atoms with Crippen molar-refractivity contribution in [2.75, 3.05) is 0 Å². The van der Waals surface area contributed by atoms with E-state index in [1.165, 1.54) is 57.8 Å². The van der Waals surface area contributed by atoms with Crippen LogP contribution in [0.4, 0.5) is 0 Å². The summed E-state index contributed by atoms with van der Waals surface area (Å²) in [4.78, 5) is 0. The second-order valence-electron chi connectivity index (χ2n) is 12.8. The van der Waals surface area contributed by atoms with Crippen molar-refractivity contribution < 1.29 is 38.3 Å². The molecule has 0 spiro atoms. The van der Waals surface area contributed by atoms with Crippen LogP contribution in [-0.2, 0) is 11.1 Å². The fourth-order valence-electron chi connectivity index (χ4n) is 9.42.